The third-order valence-corrected chi connectivity index (χ3v) is 9.52. The highest BCUT2D eigenvalue weighted by Gasteiger charge is 2.31. The smallest absolute Gasteiger partial charge is 0.257 e. The highest BCUT2D eigenvalue weighted by Crippen LogP contribution is 2.32. The van der Waals surface area contributed by atoms with Gasteiger partial charge in [0.25, 0.3) is 5.91 Å². The highest BCUT2D eigenvalue weighted by molar-refractivity contribution is 7.89. The monoisotopic (exact) mass is 509 g/mol. The molecular formula is C27H35N5O3S. The maximum atomic E-state index is 13.3. The van der Waals surface area contributed by atoms with Crippen LogP contribution in [0, 0.1) is 6.92 Å². The summed E-state index contributed by atoms with van der Waals surface area (Å²) in [6, 6.07) is 11.2. The van der Waals surface area contributed by atoms with E-state index >= 15 is 0 Å². The molecule has 0 unspecified atom stereocenters. The zero-order chi connectivity index (χ0) is 25.4. The summed E-state index contributed by atoms with van der Waals surface area (Å²) >= 11 is 0. The minimum atomic E-state index is -3.52. The van der Waals surface area contributed by atoms with Crippen LogP contribution in [0.5, 0.6) is 0 Å². The Labute approximate surface area is 213 Å². The molecule has 0 atom stereocenters. The van der Waals surface area contributed by atoms with E-state index in [-0.39, 0.29) is 11.8 Å². The molecular weight excluding hydrogens is 474 g/mol. The van der Waals surface area contributed by atoms with E-state index in [1.807, 2.05) is 49.1 Å². The highest BCUT2D eigenvalue weighted by atomic mass is 32.2. The van der Waals surface area contributed by atoms with E-state index in [4.69, 9.17) is 0 Å². The molecule has 1 amide bonds. The van der Waals surface area contributed by atoms with Gasteiger partial charge in [-0.3, -0.25) is 4.79 Å². The Balaban J connectivity index is 1.33. The zero-order valence-corrected chi connectivity index (χ0v) is 22.2. The van der Waals surface area contributed by atoms with Crippen LogP contribution < -0.4 is 4.90 Å². The number of aryl methyl sites for hydroxylation is 1. The van der Waals surface area contributed by atoms with E-state index in [2.05, 4.69) is 17.2 Å². The average Bonchev–Trinajstić information content (AvgIpc) is 3.23. The van der Waals surface area contributed by atoms with Crippen molar-refractivity contribution in [1.29, 1.82) is 0 Å². The van der Waals surface area contributed by atoms with Crippen LogP contribution in [0.15, 0.2) is 47.5 Å². The predicted octanol–water partition coefficient (Wildman–Crippen LogP) is 3.90. The van der Waals surface area contributed by atoms with Gasteiger partial charge < -0.3 is 9.80 Å². The SMILES string of the molecule is Cc1nn2ccc(C3CCN(S(=O)(=O)c4ccc(N(C)C)cc4)CC3)cc2c1C(=O)N1CCCCC1. The standard InChI is InChI=1S/C27H35N5O3S/c1-20-26(27(33)30-14-5-4-6-15-30)25-19-22(13-18-32(25)28-20)21-11-16-31(17-12-21)36(34,35)24-9-7-23(8-10-24)29(2)3/h7-10,13,18-19,21H,4-6,11-12,14-17H2,1-3H3. The fourth-order valence-electron chi connectivity index (χ4n) is 5.45. The van der Waals surface area contributed by atoms with E-state index in [1.54, 1.807) is 21.0 Å². The summed E-state index contributed by atoms with van der Waals surface area (Å²) in [5.41, 5.74) is 4.40. The lowest BCUT2D eigenvalue weighted by atomic mass is 9.90. The third-order valence-electron chi connectivity index (χ3n) is 7.61. The number of rotatable bonds is 5. The van der Waals surface area contributed by atoms with Crippen molar-refractivity contribution in [3.8, 4) is 0 Å². The summed E-state index contributed by atoms with van der Waals surface area (Å²) in [5.74, 6) is 0.311. The molecule has 9 heteroatoms. The number of aromatic nitrogens is 2. The lowest BCUT2D eigenvalue weighted by Crippen LogP contribution is -2.37. The molecule has 2 aliphatic rings. The second-order valence-electron chi connectivity index (χ2n) is 10.2. The Morgan fingerprint density at radius 2 is 1.64 bits per heavy atom. The van der Waals surface area contributed by atoms with Crippen molar-refractivity contribution in [2.75, 3.05) is 45.2 Å². The Kier molecular flexibility index (Phi) is 6.78. The van der Waals surface area contributed by atoms with Gasteiger partial charge in [0.05, 0.1) is 21.7 Å². The first-order chi connectivity index (χ1) is 17.3. The van der Waals surface area contributed by atoms with Crippen molar-refractivity contribution in [3.63, 3.8) is 0 Å². The molecule has 2 fully saturated rings. The number of hydrogen-bond donors (Lipinski definition) is 0. The number of fused-ring (bicyclic) bond motifs is 1. The lowest BCUT2D eigenvalue weighted by molar-refractivity contribution is 0.0725. The molecule has 0 aliphatic carbocycles. The summed E-state index contributed by atoms with van der Waals surface area (Å²) in [6.45, 7) is 4.47. The van der Waals surface area contributed by atoms with E-state index < -0.39 is 10.0 Å². The first-order valence-electron chi connectivity index (χ1n) is 12.8. The van der Waals surface area contributed by atoms with E-state index in [1.165, 1.54) is 6.42 Å². The van der Waals surface area contributed by atoms with Gasteiger partial charge in [-0.25, -0.2) is 12.9 Å². The van der Waals surface area contributed by atoms with Gasteiger partial charge in [-0.05, 0) is 86.9 Å². The number of piperidine rings is 2. The Morgan fingerprint density at radius 3 is 2.28 bits per heavy atom. The zero-order valence-electron chi connectivity index (χ0n) is 21.4. The summed E-state index contributed by atoms with van der Waals surface area (Å²) in [5, 5.41) is 4.59. The number of carbonyl (C=O) groups excluding carboxylic acids is 1. The molecule has 1 aromatic carbocycles. The van der Waals surface area contributed by atoms with Gasteiger partial charge in [-0.2, -0.15) is 9.40 Å². The quantitative estimate of drug-likeness (QED) is 0.521. The van der Waals surface area contributed by atoms with Gasteiger partial charge in [0.1, 0.15) is 0 Å². The van der Waals surface area contributed by atoms with Crippen molar-refractivity contribution >= 4 is 27.1 Å². The second kappa shape index (κ2) is 9.86. The molecule has 0 N–H and O–H groups in total. The number of sulfonamides is 1. The minimum absolute atomic E-state index is 0.0700. The lowest BCUT2D eigenvalue weighted by Gasteiger charge is -2.31. The van der Waals surface area contributed by atoms with Crippen molar-refractivity contribution in [1.82, 2.24) is 18.8 Å². The normalized spacial score (nSPS) is 18.0. The maximum absolute atomic E-state index is 13.3. The Bertz CT molecular complexity index is 1350. The molecule has 2 saturated heterocycles. The average molecular weight is 510 g/mol. The number of likely N-dealkylation sites (tertiary alicyclic amines) is 1. The number of benzene rings is 1. The third kappa shape index (κ3) is 4.62. The van der Waals surface area contributed by atoms with Crippen LogP contribution in [-0.4, -0.2) is 73.4 Å². The Hall–Kier alpha value is -2.91. The van der Waals surface area contributed by atoms with Crippen LogP contribution in [0.25, 0.3) is 5.52 Å². The molecule has 2 aromatic heterocycles. The number of pyridine rings is 1. The van der Waals surface area contributed by atoms with Gasteiger partial charge in [0.15, 0.2) is 0 Å². The van der Waals surface area contributed by atoms with Crippen LogP contribution in [0.4, 0.5) is 5.69 Å². The summed E-state index contributed by atoms with van der Waals surface area (Å²) < 4.78 is 29.8. The van der Waals surface area contributed by atoms with Gasteiger partial charge in [0, 0.05) is 52.2 Å². The fraction of sp³-hybridized carbons (Fsp3) is 0.481. The predicted molar refractivity (Wildman–Crippen MR) is 141 cm³/mol. The first kappa shape index (κ1) is 24.8. The van der Waals surface area contributed by atoms with Crippen LogP contribution in [0.2, 0.25) is 0 Å². The van der Waals surface area contributed by atoms with E-state index in [0.717, 1.165) is 61.2 Å². The molecule has 36 heavy (non-hydrogen) atoms. The largest absolute Gasteiger partial charge is 0.378 e. The summed E-state index contributed by atoms with van der Waals surface area (Å²) in [7, 11) is 0.347. The summed E-state index contributed by atoms with van der Waals surface area (Å²) in [6.07, 6.45) is 6.70. The molecule has 5 rings (SSSR count). The van der Waals surface area contributed by atoms with Crippen LogP contribution in [0.3, 0.4) is 0 Å². The number of nitrogens with zero attached hydrogens (tertiary/aromatic N) is 5. The maximum Gasteiger partial charge on any atom is 0.257 e. The number of amides is 1. The van der Waals surface area contributed by atoms with Gasteiger partial charge in [-0.15, -0.1) is 0 Å². The molecule has 3 aromatic rings. The van der Waals surface area contributed by atoms with Crippen LogP contribution in [-0.2, 0) is 10.0 Å². The molecule has 0 bridgehead atoms. The molecule has 8 nitrogen and oxygen atoms in total. The van der Waals surface area contributed by atoms with Crippen molar-refractivity contribution in [3.05, 3.63) is 59.4 Å². The Morgan fingerprint density at radius 1 is 0.972 bits per heavy atom. The van der Waals surface area contributed by atoms with Gasteiger partial charge >= 0.3 is 0 Å². The van der Waals surface area contributed by atoms with Crippen LogP contribution >= 0.6 is 0 Å². The summed E-state index contributed by atoms with van der Waals surface area (Å²) in [4.78, 5) is 17.6. The van der Waals surface area contributed by atoms with Gasteiger partial charge in [0.2, 0.25) is 10.0 Å². The topological polar surface area (TPSA) is 78.2 Å². The van der Waals surface area contributed by atoms with Crippen molar-refractivity contribution < 1.29 is 13.2 Å². The van der Waals surface area contributed by atoms with E-state index in [9.17, 15) is 13.2 Å². The molecule has 0 spiro atoms. The van der Waals surface area contributed by atoms with Gasteiger partial charge in [-0.1, -0.05) is 0 Å². The molecule has 0 radical (unpaired) electrons. The second-order valence-corrected chi connectivity index (χ2v) is 12.1. The van der Waals surface area contributed by atoms with Crippen molar-refractivity contribution in [2.45, 2.75) is 49.8 Å². The minimum Gasteiger partial charge on any atom is -0.378 e. The molecule has 192 valence electrons. The molecule has 0 saturated carbocycles. The van der Waals surface area contributed by atoms with E-state index in [0.29, 0.717) is 23.5 Å². The molecule has 4 heterocycles. The number of anilines is 1. The number of carbonyl (C=O) groups is 1. The number of hydrogen-bond acceptors (Lipinski definition) is 5. The van der Waals surface area contributed by atoms with Crippen LogP contribution in [0.1, 0.15) is 59.6 Å². The molecule has 2 aliphatic heterocycles. The van der Waals surface area contributed by atoms with Crippen molar-refractivity contribution in [2.24, 2.45) is 0 Å². The fourth-order valence-corrected chi connectivity index (χ4v) is 6.92. The first-order valence-corrected chi connectivity index (χ1v) is 14.3.